The number of aliphatic hydroxyl groups excluding tert-OH is 1. The summed E-state index contributed by atoms with van der Waals surface area (Å²) in [5.41, 5.74) is 1.70. The molecule has 3 rings (SSSR count). The Hall–Kier alpha value is -2.47. The fourth-order valence-corrected chi connectivity index (χ4v) is 2.98. The van der Waals surface area contributed by atoms with E-state index in [0.717, 1.165) is 18.6 Å². The number of aliphatic hydroxyl groups is 1. The summed E-state index contributed by atoms with van der Waals surface area (Å²) in [4.78, 5) is 14.4. The molecule has 4 nitrogen and oxygen atoms in total. The smallest absolute Gasteiger partial charge is 0.256 e. The van der Waals surface area contributed by atoms with Crippen LogP contribution in [0.2, 0.25) is 0 Å². The van der Waals surface area contributed by atoms with E-state index in [9.17, 15) is 18.7 Å². The highest BCUT2D eigenvalue weighted by Crippen LogP contribution is 2.21. The highest BCUT2D eigenvalue weighted by atomic mass is 19.2. The number of anilines is 1. The van der Waals surface area contributed by atoms with E-state index in [1.165, 1.54) is 6.07 Å². The van der Waals surface area contributed by atoms with Crippen LogP contribution in [0.3, 0.4) is 0 Å². The number of carbonyl (C=O) groups excluding carboxylic acids is 1. The number of carbonyl (C=O) groups is 1. The van der Waals surface area contributed by atoms with Gasteiger partial charge in [-0.15, -0.1) is 0 Å². The Morgan fingerprint density at radius 3 is 2.76 bits per heavy atom. The number of para-hydroxylation sites is 1. The Morgan fingerprint density at radius 2 is 2.00 bits per heavy atom. The zero-order valence-electron chi connectivity index (χ0n) is 13.7. The second-order valence-corrected chi connectivity index (χ2v) is 6.19. The summed E-state index contributed by atoms with van der Waals surface area (Å²) in [6.07, 6.45) is 0.997. The normalized spacial score (nSPS) is 17.4. The number of benzene rings is 2. The van der Waals surface area contributed by atoms with Crippen molar-refractivity contribution < 1.29 is 18.7 Å². The average Bonchev–Trinajstić information content (AvgIpc) is 2.62. The van der Waals surface area contributed by atoms with Gasteiger partial charge in [0.1, 0.15) is 0 Å². The molecule has 1 saturated heterocycles. The van der Waals surface area contributed by atoms with Crippen LogP contribution >= 0.6 is 0 Å². The molecule has 2 N–H and O–H groups in total. The summed E-state index contributed by atoms with van der Waals surface area (Å²) in [5, 5.41) is 12.9. The summed E-state index contributed by atoms with van der Waals surface area (Å²) >= 11 is 0. The van der Waals surface area contributed by atoms with E-state index >= 15 is 0 Å². The summed E-state index contributed by atoms with van der Waals surface area (Å²) in [6.45, 7) is 1.22. The first kappa shape index (κ1) is 17.4. The number of β-amino-alcohol motifs (C(OH)–C–C–N with tert-alkyl or cyclic N) is 1. The molecule has 2 aromatic rings. The van der Waals surface area contributed by atoms with E-state index in [0.29, 0.717) is 36.3 Å². The number of piperidine rings is 1. The Kier molecular flexibility index (Phi) is 5.28. The maximum Gasteiger partial charge on any atom is 0.256 e. The van der Waals surface area contributed by atoms with Gasteiger partial charge in [-0.2, -0.15) is 0 Å². The molecule has 1 heterocycles. The fourth-order valence-electron chi connectivity index (χ4n) is 2.98. The van der Waals surface area contributed by atoms with Crippen LogP contribution < -0.4 is 5.32 Å². The van der Waals surface area contributed by atoms with Crippen LogP contribution in [-0.4, -0.2) is 35.1 Å². The van der Waals surface area contributed by atoms with Crippen molar-refractivity contribution in [2.75, 3.05) is 18.4 Å². The van der Waals surface area contributed by atoms with E-state index < -0.39 is 17.7 Å². The topological polar surface area (TPSA) is 52.6 Å². The minimum atomic E-state index is -0.897. The minimum absolute atomic E-state index is 0.146. The first-order valence-electron chi connectivity index (χ1n) is 8.29. The summed E-state index contributed by atoms with van der Waals surface area (Å²) < 4.78 is 26.3. The van der Waals surface area contributed by atoms with Crippen molar-refractivity contribution in [3.8, 4) is 0 Å². The Bertz CT molecular complexity index is 767. The predicted octanol–water partition coefficient (Wildman–Crippen LogP) is 3.17. The van der Waals surface area contributed by atoms with E-state index in [4.69, 9.17) is 0 Å². The zero-order chi connectivity index (χ0) is 17.8. The quantitative estimate of drug-likeness (QED) is 0.894. The lowest BCUT2D eigenvalue weighted by atomic mass is 10.1. The number of hydrogen-bond acceptors (Lipinski definition) is 3. The van der Waals surface area contributed by atoms with E-state index in [2.05, 4.69) is 5.32 Å². The Balaban J connectivity index is 1.74. The lowest BCUT2D eigenvalue weighted by Gasteiger charge is -2.30. The van der Waals surface area contributed by atoms with Gasteiger partial charge in [-0.25, -0.2) is 8.78 Å². The summed E-state index contributed by atoms with van der Waals surface area (Å²) in [5.74, 6) is -1.93. The highest BCUT2D eigenvalue weighted by molar-refractivity contribution is 5.99. The lowest BCUT2D eigenvalue weighted by molar-refractivity contribution is 0.0474. The molecule has 1 aliphatic heterocycles. The predicted molar refractivity (Wildman–Crippen MR) is 91.3 cm³/mol. The highest BCUT2D eigenvalue weighted by Gasteiger charge is 2.24. The number of likely N-dealkylation sites (tertiary alicyclic amines) is 1. The molecule has 0 aliphatic carbocycles. The molecule has 0 bridgehead atoms. The monoisotopic (exact) mass is 346 g/mol. The number of nitrogens with one attached hydrogen (secondary N) is 1. The number of amides is 1. The SMILES string of the molecule is O=C(c1ccccc1NCc1ccc(F)c(F)c1)N1CCCC(O)C1. The summed E-state index contributed by atoms with van der Waals surface area (Å²) in [6, 6.07) is 10.8. The van der Waals surface area contributed by atoms with Crippen molar-refractivity contribution in [2.24, 2.45) is 0 Å². The van der Waals surface area contributed by atoms with Gasteiger partial charge >= 0.3 is 0 Å². The first-order chi connectivity index (χ1) is 12.0. The molecule has 1 aliphatic rings. The van der Waals surface area contributed by atoms with Crippen molar-refractivity contribution in [1.82, 2.24) is 4.90 Å². The minimum Gasteiger partial charge on any atom is -0.391 e. The third-order valence-electron chi connectivity index (χ3n) is 4.31. The molecule has 0 radical (unpaired) electrons. The van der Waals surface area contributed by atoms with Crippen LogP contribution in [0.1, 0.15) is 28.8 Å². The van der Waals surface area contributed by atoms with Gasteiger partial charge in [-0.05, 0) is 42.7 Å². The third-order valence-corrected chi connectivity index (χ3v) is 4.31. The van der Waals surface area contributed by atoms with Crippen LogP contribution in [0, 0.1) is 11.6 Å². The molecule has 0 spiro atoms. The number of nitrogens with zero attached hydrogens (tertiary/aromatic N) is 1. The van der Waals surface area contributed by atoms with Gasteiger partial charge in [0.2, 0.25) is 0 Å². The van der Waals surface area contributed by atoms with Crippen molar-refractivity contribution in [2.45, 2.75) is 25.5 Å². The molecule has 1 unspecified atom stereocenters. The molecule has 132 valence electrons. The zero-order valence-corrected chi connectivity index (χ0v) is 13.7. The van der Waals surface area contributed by atoms with Gasteiger partial charge < -0.3 is 15.3 Å². The van der Waals surface area contributed by atoms with Crippen molar-refractivity contribution >= 4 is 11.6 Å². The molecule has 6 heteroatoms. The average molecular weight is 346 g/mol. The van der Waals surface area contributed by atoms with E-state index in [1.54, 1.807) is 29.2 Å². The van der Waals surface area contributed by atoms with Crippen LogP contribution in [-0.2, 0) is 6.54 Å². The second kappa shape index (κ2) is 7.61. The number of halogens is 2. The molecular formula is C19H20F2N2O2. The maximum absolute atomic E-state index is 13.3. The third kappa shape index (κ3) is 4.14. The molecule has 1 fully saturated rings. The van der Waals surface area contributed by atoms with Gasteiger partial charge in [0, 0.05) is 25.3 Å². The number of rotatable bonds is 4. The van der Waals surface area contributed by atoms with Gasteiger partial charge in [-0.1, -0.05) is 18.2 Å². The van der Waals surface area contributed by atoms with Crippen LogP contribution in [0.4, 0.5) is 14.5 Å². The standard InChI is InChI=1S/C19H20F2N2O2/c20-16-8-7-13(10-17(16)21)11-22-18-6-2-1-5-15(18)19(25)23-9-3-4-14(24)12-23/h1-2,5-8,10,14,22,24H,3-4,9,11-12H2. The van der Waals surface area contributed by atoms with Crippen molar-refractivity contribution in [3.05, 3.63) is 65.2 Å². The fraction of sp³-hybridized carbons (Fsp3) is 0.316. The largest absolute Gasteiger partial charge is 0.391 e. The summed E-state index contributed by atoms with van der Waals surface area (Å²) in [7, 11) is 0. The van der Waals surface area contributed by atoms with Crippen molar-refractivity contribution in [3.63, 3.8) is 0 Å². The van der Waals surface area contributed by atoms with Gasteiger partial charge in [-0.3, -0.25) is 4.79 Å². The van der Waals surface area contributed by atoms with Crippen LogP contribution in [0.15, 0.2) is 42.5 Å². The van der Waals surface area contributed by atoms with Crippen molar-refractivity contribution in [1.29, 1.82) is 0 Å². The molecule has 0 saturated carbocycles. The molecule has 0 aromatic heterocycles. The first-order valence-corrected chi connectivity index (χ1v) is 8.29. The number of hydrogen-bond donors (Lipinski definition) is 2. The molecule has 1 atom stereocenters. The van der Waals surface area contributed by atoms with E-state index in [-0.39, 0.29) is 12.5 Å². The molecule has 25 heavy (non-hydrogen) atoms. The Labute approximate surface area is 145 Å². The van der Waals surface area contributed by atoms with Crippen LogP contribution in [0.5, 0.6) is 0 Å². The molecular weight excluding hydrogens is 326 g/mol. The van der Waals surface area contributed by atoms with Gasteiger partial charge in [0.05, 0.1) is 11.7 Å². The second-order valence-electron chi connectivity index (χ2n) is 6.19. The lowest BCUT2D eigenvalue weighted by Crippen LogP contribution is -2.42. The molecule has 2 aromatic carbocycles. The van der Waals surface area contributed by atoms with E-state index in [1.807, 2.05) is 0 Å². The maximum atomic E-state index is 13.3. The van der Waals surface area contributed by atoms with Gasteiger partial charge in [0.15, 0.2) is 11.6 Å². The Morgan fingerprint density at radius 1 is 1.20 bits per heavy atom. The van der Waals surface area contributed by atoms with Crippen LogP contribution in [0.25, 0.3) is 0 Å². The van der Waals surface area contributed by atoms with Gasteiger partial charge in [0.25, 0.3) is 5.91 Å². The molecule has 1 amide bonds.